The maximum Gasteiger partial charge on any atom is 0.172 e. The second-order valence-corrected chi connectivity index (χ2v) is 6.20. The van der Waals surface area contributed by atoms with E-state index in [1.54, 1.807) is 6.07 Å². The van der Waals surface area contributed by atoms with Gasteiger partial charge in [0, 0.05) is 16.1 Å². The molecule has 0 radical (unpaired) electrons. The lowest BCUT2D eigenvalue weighted by Gasteiger charge is -2.11. The van der Waals surface area contributed by atoms with E-state index in [-0.39, 0.29) is 12.3 Å². The summed E-state index contributed by atoms with van der Waals surface area (Å²) in [6, 6.07) is 11.3. The van der Waals surface area contributed by atoms with E-state index < -0.39 is 0 Å². The van der Waals surface area contributed by atoms with Gasteiger partial charge in [-0.2, -0.15) is 0 Å². The normalized spacial score (nSPS) is 12.0. The average molecular weight is 373 g/mol. The van der Waals surface area contributed by atoms with Crippen molar-refractivity contribution in [3.8, 4) is 0 Å². The zero-order chi connectivity index (χ0) is 19.1. The van der Waals surface area contributed by atoms with Crippen LogP contribution in [0.15, 0.2) is 46.7 Å². The van der Waals surface area contributed by atoms with Crippen LogP contribution in [0, 0.1) is 13.8 Å². The molecule has 0 aromatic heterocycles. The molecule has 0 N–H and O–H groups in total. The summed E-state index contributed by atoms with van der Waals surface area (Å²) in [6.07, 6.45) is 0.660. The molecule has 0 unspecified atom stereocenters. The van der Waals surface area contributed by atoms with Crippen molar-refractivity contribution in [2.24, 2.45) is 10.3 Å². The highest BCUT2D eigenvalue weighted by Gasteiger charge is 2.12. The van der Waals surface area contributed by atoms with Crippen molar-refractivity contribution >= 4 is 29.3 Å². The minimum atomic E-state index is 0.211. The van der Waals surface area contributed by atoms with Gasteiger partial charge in [0.05, 0.1) is 5.71 Å². The van der Waals surface area contributed by atoms with Gasteiger partial charge in [-0.05, 0) is 49.6 Å². The van der Waals surface area contributed by atoms with Crippen molar-refractivity contribution in [2.75, 3.05) is 7.11 Å². The zero-order valence-corrected chi connectivity index (χ0v) is 16.0. The number of carbonyl (C=O) groups excluding carboxylic acids is 1. The fraction of sp³-hybridized carbons (Fsp3) is 0.250. The Morgan fingerprint density at radius 3 is 2.58 bits per heavy atom. The summed E-state index contributed by atoms with van der Waals surface area (Å²) in [6.45, 7) is 5.96. The SMILES string of the molecule is CO/N=C(/C=O)c1cccc(C)c1CO/N=C(\C)c1ccc(Cl)c(C)c1. The first-order valence-electron chi connectivity index (χ1n) is 8.06. The Labute approximate surface area is 158 Å². The minimum Gasteiger partial charge on any atom is -0.399 e. The molecule has 0 aliphatic carbocycles. The first-order valence-corrected chi connectivity index (χ1v) is 8.44. The van der Waals surface area contributed by atoms with E-state index >= 15 is 0 Å². The lowest BCUT2D eigenvalue weighted by Crippen LogP contribution is -2.09. The number of hydrogen-bond donors (Lipinski definition) is 0. The predicted octanol–water partition coefficient (Wildman–Crippen LogP) is 4.45. The number of aldehydes is 1. The Hall–Kier alpha value is -2.66. The van der Waals surface area contributed by atoms with Gasteiger partial charge in [-0.15, -0.1) is 0 Å². The lowest BCUT2D eigenvalue weighted by molar-refractivity contribution is -0.102. The molecule has 136 valence electrons. The highest BCUT2D eigenvalue weighted by atomic mass is 35.5. The van der Waals surface area contributed by atoms with Crippen molar-refractivity contribution in [1.82, 2.24) is 0 Å². The van der Waals surface area contributed by atoms with Crippen molar-refractivity contribution in [2.45, 2.75) is 27.4 Å². The van der Waals surface area contributed by atoms with E-state index in [4.69, 9.17) is 21.3 Å². The topological polar surface area (TPSA) is 60.2 Å². The molecule has 2 aromatic rings. The zero-order valence-electron chi connectivity index (χ0n) is 15.2. The molecule has 0 aliphatic rings. The second-order valence-electron chi connectivity index (χ2n) is 5.79. The molecule has 6 heteroatoms. The van der Waals surface area contributed by atoms with Crippen LogP contribution in [0.4, 0.5) is 0 Å². The number of rotatable bonds is 7. The number of benzene rings is 2. The third-order valence-corrected chi connectivity index (χ3v) is 4.40. The first kappa shape index (κ1) is 19.7. The van der Waals surface area contributed by atoms with Crippen LogP contribution in [0.25, 0.3) is 0 Å². The largest absolute Gasteiger partial charge is 0.399 e. The number of aryl methyl sites for hydroxylation is 2. The van der Waals surface area contributed by atoms with Crippen LogP contribution in [0.2, 0.25) is 5.02 Å². The Bertz CT molecular complexity index is 860. The van der Waals surface area contributed by atoms with Crippen LogP contribution in [0.5, 0.6) is 0 Å². The van der Waals surface area contributed by atoms with Gasteiger partial charge < -0.3 is 9.68 Å². The van der Waals surface area contributed by atoms with E-state index in [0.29, 0.717) is 16.9 Å². The average Bonchev–Trinajstić information content (AvgIpc) is 2.63. The van der Waals surface area contributed by atoms with Gasteiger partial charge in [0.25, 0.3) is 0 Å². The summed E-state index contributed by atoms with van der Waals surface area (Å²) in [4.78, 5) is 21.6. The molecule has 0 atom stereocenters. The number of halogens is 1. The minimum absolute atomic E-state index is 0.211. The van der Waals surface area contributed by atoms with E-state index in [2.05, 4.69) is 10.3 Å². The van der Waals surface area contributed by atoms with Crippen LogP contribution in [-0.2, 0) is 21.1 Å². The quantitative estimate of drug-likeness (QED) is 0.410. The van der Waals surface area contributed by atoms with Crippen LogP contribution in [0.3, 0.4) is 0 Å². The Morgan fingerprint density at radius 1 is 1.15 bits per heavy atom. The van der Waals surface area contributed by atoms with E-state index in [9.17, 15) is 4.79 Å². The standard InChI is InChI=1S/C20H21ClN2O3/c1-13-6-5-7-17(20(11-24)23-25-4)18(13)12-26-22-15(3)16-8-9-19(21)14(2)10-16/h5-11H,12H2,1-4H3/b22-15+,23-20-. The number of hydrogen-bond acceptors (Lipinski definition) is 5. The molecule has 0 aliphatic heterocycles. The summed E-state index contributed by atoms with van der Waals surface area (Å²) in [7, 11) is 1.40. The molecule has 0 spiro atoms. The third-order valence-electron chi connectivity index (χ3n) is 3.97. The first-order chi connectivity index (χ1) is 12.5. The highest BCUT2D eigenvalue weighted by Crippen LogP contribution is 2.19. The van der Waals surface area contributed by atoms with E-state index in [1.165, 1.54) is 7.11 Å². The monoisotopic (exact) mass is 372 g/mol. The molecule has 2 aromatic carbocycles. The van der Waals surface area contributed by atoms with Crippen molar-refractivity contribution in [3.05, 3.63) is 69.2 Å². The fourth-order valence-electron chi connectivity index (χ4n) is 2.48. The summed E-state index contributed by atoms with van der Waals surface area (Å²) in [5.41, 5.74) is 5.34. The molecule has 0 fully saturated rings. The van der Waals surface area contributed by atoms with Gasteiger partial charge in [-0.25, -0.2) is 0 Å². The van der Waals surface area contributed by atoms with Gasteiger partial charge in [0.15, 0.2) is 6.29 Å². The summed E-state index contributed by atoms with van der Waals surface area (Å²) < 4.78 is 0. The molecule has 2 rings (SSSR count). The molecule has 26 heavy (non-hydrogen) atoms. The molecule has 0 saturated carbocycles. The Balaban J connectivity index is 2.22. The molecule has 5 nitrogen and oxygen atoms in total. The summed E-state index contributed by atoms with van der Waals surface area (Å²) >= 11 is 6.05. The molecule has 0 bridgehead atoms. The Kier molecular flexibility index (Phi) is 6.92. The predicted molar refractivity (Wildman–Crippen MR) is 104 cm³/mol. The molecular formula is C20H21ClN2O3. The Morgan fingerprint density at radius 2 is 1.92 bits per heavy atom. The lowest BCUT2D eigenvalue weighted by atomic mass is 9.99. The third kappa shape index (κ3) is 4.70. The fourth-order valence-corrected chi connectivity index (χ4v) is 2.60. The number of nitrogens with zero attached hydrogens (tertiary/aromatic N) is 2. The smallest absolute Gasteiger partial charge is 0.172 e. The second kappa shape index (κ2) is 9.15. The maximum absolute atomic E-state index is 11.3. The van der Waals surface area contributed by atoms with E-state index in [0.717, 1.165) is 28.0 Å². The van der Waals surface area contributed by atoms with Gasteiger partial charge in [0.2, 0.25) is 0 Å². The molecule has 0 saturated heterocycles. The van der Waals surface area contributed by atoms with Gasteiger partial charge >= 0.3 is 0 Å². The summed E-state index contributed by atoms with van der Waals surface area (Å²) in [5.74, 6) is 0. The highest BCUT2D eigenvalue weighted by molar-refractivity contribution is 6.36. The summed E-state index contributed by atoms with van der Waals surface area (Å²) in [5, 5.41) is 8.67. The van der Waals surface area contributed by atoms with Crippen LogP contribution < -0.4 is 0 Å². The van der Waals surface area contributed by atoms with Crippen LogP contribution in [0.1, 0.15) is 34.7 Å². The van der Waals surface area contributed by atoms with Gasteiger partial charge in [-0.1, -0.05) is 46.2 Å². The van der Waals surface area contributed by atoms with Crippen molar-refractivity contribution in [1.29, 1.82) is 0 Å². The number of oxime groups is 2. The molecule has 0 heterocycles. The van der Waals surface area contributed by atoms with Crippen LogP contribution in [-0.4, -0.2) is 24.8 Å². The number of carbonyl (C=O) groups is 1. The molecule has 0 amide bonds. The van der Waals surface area contributed by atoms with Gasteiger partial charge in [-0.3, -0.25) is 4.79 Å². The van der Waals surface area contributed by atoms with Crippen molar-refractivity contribution < 1.29 is 14.5 Å². The van der Waals surface area contributed by atoms with Gasteiger partial charge in [0.1, 0.15) is 19.4 Å². The van der Waals surface area contributed by atoms with Crippen molar-refractivity contribution in [3.63, 3.8) is 0 Å². The maximum atomic E-state index is 11.3. The molecular weight excluding hydrogens is 352 g/mol. The van der Waals surface area contributed by atoms with Crippen LogP contribution >= 0.6 is 11.6 Å². The van der Waals surface area contributed by atoms with E-state index in [1.807, 2.05) is 51.1 Å².